The van der Waals surface area contributed by atoms with Crippen LogP contribution in [0.2, 0.25) is 12.6 Å². The number of benzene rings is 2. The lowest BCUT2D eigenvalue weighted by Gasteiger charge is -2.45. The molecule has 2 aromatic carbocycles. The van der Waals surface area contributed by atoms with E-state index in [4.69, 9.17) is 4.74 Å². The van der Waals surface area contributed by atoms with Crippen LogP contribution >= 0.6 is 10.2 Å². The Morgan fingerprint density at radius 3 is 2.11 bits per heavy atom. The van der Waals surface area contributed by atoms with E-state index >= 15 is 0 Å². The second-order valence-electron chi connectivity index (χ2n) is 11.7. The van der Waals surface area contributed by atoms with Gasteiger partial charge in [-0.15, -0.1) is 0 Å². The van der Waals surface area contributed by atoms with Crippen LogP contribution < -0.4 is 10.2 Å². The Morgan fingerprint density at radius 2 is 1.57 bits per heavy atom. The number of ether oxygens (including phenoxy) is 1. The normalized spacial score (nSPS) is 13.7. The van der Waals surface area contributed by atoms with Gasteiger partial charge in [0.15, 0.2) is 6.71 Å². The Bertz CT molecular complexity index is 1040. The summed E-state index contributed by atoms with van der Waals surface area (Å²) in [5.74, 6) is 0.332. The molecule has 0 radical (unpaired) electrons. The highest BCUT2D eigenvalue weighted by Crippen LogP contribution is 2.49. The molecule has 1 N–H and O–H groups in total. The van der Waals surface area contributed by atoms with Gasteiger partial charge in [0.25, 0.3) is 0 Å². The number of carbonyl (C=O) groups excluding carboxylic acids is 1. The first-order valence-electron chi connectivity index (χ1n) is 14.0. The van der Waals surface area contributed by atoms with Crippen LogP contribution in [0.15, 0.2) is 41.3 Å². The molecular weight excluding hydrogens is 473 g/mol. The number of rotatable bonds is 7. The molecule has 1 aliphatic rings. The summed E-state index contributed by atoms with van der Waals surface area (Å²) in [6.07, 6.45) is 5.36. The van der Waals surface area contributed by atoms with Crippen LogP contribution in [0.1, 0.15) is 80.4 Å². The van der Waals surface area contributed by atoms with E-state index in [1.807, 2.05) is 27.7 Å². The molecule has 0 amide bonds. The number of methoxy groups -OCH3 is 1. The predicted molar refractivity (Wildman–Crippen MR) is 169 cm³/mol. The Kier molecular flexibility index (Phi) is 12.0. The monoisotopic (exact) mass is 527 g/mol. The van der Waals surface area contributed by atoms with Crippen molar-refractivity contribution in [3.05, 3.63) is 47.5 Å². The smallest absolute Gasteiger partial charge is 0.320 e. The largest absolute Gasteiger partial charge is 0.468 e. The molecule has 0 heterocycles. The average Bonchev–Trinajstić information content (AvgIpc) is 3.25. The molecule has 2 aromatic rings. The van der Waals surface area contributed by atoms with Gasteiger partial charge in [0.05, 0.1) is 7.11 Å². The lowest BCUT2D eigenvalue weighted by Crippen LogP contribution is -2.43. The lowest BCUT2D eigenvalue weighted by atomic mass is 9.32. The molecular formula is C32H54BNO2S. The van der Waals surface area contributed by atoms with Crippen molar-refractivity contribution >= 4 is 28.4 Å². The van der Waals surface area contributed by atoms with Crippen molar-refractivity contribution in [1.82, 2.24) is 4.72 Å². The first kappa shape index (κ1) is 33.3. The van der Waals surface area contributed by atoms with Crippen molar-refractivity contribution in [3.8, 4) is 11.1 Å². The van der Waals surface area contributed by atoms with Crippen LogP contribution in [-0.2, 0) is 16.0 Å². The standard InChI is InChI=1S/C28H42BNO2S.2C2H6/c1-19(28(5,6)27(2,3)4)29(7)22-12-11-20-15-21-16-23(13-14-24(21)25(20)17-22)33(9,10)30-18-26(31)32-8;2*1-2/h11-14,16-17,19,30H,15,18H2,1-10H3;2*1-2H3. The van der Waals surface area contributed by atoms with Gasteiger partial charge in [0.2, 0.25) is 0 Å². The molecule has 1 aliphatic carbocycles. The van der Waals surface area contributed by atoms with Gasteiger partial charge in [-0.05, 0) is 64.1 Å². The highest BCUT2D eigenvalue weighted by molar-refractivity contribution is 8.31. The number of hydrogen-bond acceptors (Lipinski definition) is 3. The summed E-state index contributed by atoms with van der Waals surface area (Å²) in [7, 11) is 0.141. The minimum absolute atomic E-state index is 0.226. The predicted octanol–water partition coefficient (Wildman–Crippen LogP) is 8.20. The van der Waals surface area contributed by atoms with E-state index in [1.165, 1.54) is 39.7 Å². The van der Waals surface area contributed by atoms with E-state index in [0.29, 0.717) is 12.5 Å². The minimum Gasteiger partial charge on any atom is -0.468 e. The molecule has 37 heavy (non-hydrogen) atoms. The van der Waals surface area contributed by atoms with Crippen molar-refractivity contribution in [2.24, 2.45) is 10.8 Å². The number of nitrogens with one attached hydrogen (secondary N) is 1. The molecule has 1 unspecified atom stereocenters. The van der Waals surface area contributed by atoms with E-state index in [-0.39, 0.29) is 23.3 Å². The van der Waals surface area contributed by atoms with Crippen molar-refractivity contribution in [2.45, 2.75) is 93.2 Å². The molecule has 0 bridgehead atoms. The molecule has 0 aliphatic heterocycles. The van der Waals surface area contributed by atoms with E-state index in [9.17, 15) is 4.79 Å². The Morgan fingerprint density at radius 1 is 0.973 bits per heavy atom. The molecule has 3 rings (SSSR count). The van der Waals surface area contributed by atoms with E-state index < -0.39 is 10.2 Å². The van der Waals surface area contributed by atoms with E-state index in [2.05, 4.69) is 102 Å². The van der Waals surface area contributed by atoms with Crippen LogP contribution in [-0.4, -0.2) is 38.8 Å². The maximum absolute atomic E-state index is 11.6. The zero-order valence-corrected chi connectivity index (χ0v) is 27.1. The topological polar surface area (TPSA) is 38.3 Å². The molecule has 0 saturated heterocycles. The zero-order chi connectivity index (χ0) is 28.8. The summed E-state index contributed by atoms with van der Waals surface area (Å²) in [4.78, 5) is 12.9. The molecule has 208 valence electrons. The third-order valence-electron chi connectivity index (χ3n) is 8.62. The van der Waals surface area contributed by atoms with Gasteiger partial charge in [-0.2, -0.15) is 10.2 Å². The van der Waals surface area contributed by atoms with Gasteiger partial charge in [-0.1, -0.05) is 112 Å². The Labute approximate surface area is 231 Å². The first-order chi connectivity index (χ1) is 17.2. The maximum Gasteiger partial charge on any atom is 0.320 e. The van der Waals surface area contributed by atoms with Crippen molar-refractivity contribution in [2.75, 3.05) is 26.2 Å². The Hall–Kier alpha value is -1.72. The second-order valence-corrected chi connectivity index (χ2v) is 15.1. The van der Waals surface area contributed by atoms with Crippen LogP contribution in [0.25, 0.3) is 11.1 Å². The van der Waals surface area contributed by atoms with Gasteiger partial charge in [-0.25, -0.2) is 0 Å². The Balaban J connectivity index is 0.00000163. The van der Waals surface area contributed by atoms with Gasteiger partial charge in [-0.3, -0.25) is 9.52 Å². The summed E-state index contributed by atoms with van der Waals surface area (Å²) in [5.41, 5.74) is 7.44. The molecule has 3 nitrogen and oxygen atoms in total. The van der Waals surface area contributed by atoms with Crippen molar-refractivity contribution < 1.29 is 9.53 Å². The average molecular weight is 528 g/mol. The molecule has 0 saturated carbocycles. The zero-order valence-electron chi connectivity index (χ0n) is 26.3. The molecule has 0 aromatic heterocycles. The van der Waals surface area contributed by atoms with Crippen molar-refractivity contribution in [3.63, 3.8) is 0 Å². The van der Waals surface area contributed by atoms with Crippen LogP contribution in [0.5, 0.6) is 0 Å². The number of esters is 1. The second kappa shape index (κ2) is 13.4. The fraction of sp³-hybridized carbons (Fsp3) is 0.594. The highest BCUT2D eigenvalue weighted by atomic mass is 32.3. The highest BCUT2D eigenvalue weighted by Gasteiger charge is 2.41. The van der Waals surface area contributed by atoms with Gasteiger partial charge in [0, 0.05) is 4.90 Å². The minimum atomic E-state index is -1.29. The van der Waals surface area contributed by atoms with Gasteiger partial charge >= 0.3 is 5.97 Å². The summed E-state index contributed by atoms with van der Waals surface area (Å²) in [5, 5.41) is 0. The lowest BCUT2D eigenvalue weighted by molar-refractivity contribution is -0.139. The van der Waals surface area contributed by atoms with E-state index in [0.717, 1.165) is 6.42 Å². The number of carbonyl (C=O) groups is 1. The van der Waals surface area contributed by atoms with Crippen LogP contribution in [0, 0.1) is 10.8 Å². The van der Waals surface area contributed by atoms with Crippen LogP contribution in [0.4, 0.5) is 0 Å². The van der Waals surface area contributed by atoms with Crippen LogP contribution in [0.3, 0.4) is 0 Å². The summed E-state index contributed by atoms with van der Waals surface area (Å²) >= 11 is 0. The molecule has 1 atom stereocenters. The summed E-state index contributed by atoms with van der Waals surface area (Å²) < 4.78 is 8.21. The van der Waals surface area contributed by atoms with Gasteiger partial charge in [0.1, 0.15) is 6.54 Å². The number of hydrogen-bond donors (Lipinski definition) is 1. The fourth-order valence-corrected chi connectivity index (χ4v) is 6.27. The first-order valence-corrected chi connectivity index (χ1v) is 16.4. The molecule has 0 spiro atoms. The number of fused-ring (bicyclic) bond motifs is 3. The summed E-state index contributed by atoms with van der Waals surface area (Å²) in [6, 6.07) is 14.0. The van der Waals surface area contributed by atoms with E-state index in [1.54, 1.807) is 0 Å². The molecule has 5 heteroatoms. The van der Waals surface area contributed by atoms with Gasteiger partial charge < -0.3 is 4.74 Å². The van der Waals surface area contributed by atoms with Crippen molar-refractivity contribution in [1.29, 1.82) is 0 Å². The fourth-order valence-electron chi connectivity index (χ4n) is 4.78. The SMILES string of the molecule is CC.CC.COC(=O)CNS(C)(C)c1ccc2c(c1)Cc1ccc(B(C)C(C)C(C)(C)C(C)(C)C)cc1-2. The summed E-state index contributed by atoms with van der Waals surface area (Å²) in [6.45, 7) is 25.4. The quantitative estimate of drug-likeness (QED) is 0.249. The maximum atomic E-state index is 11.6. The third-order valence-corrected chi connectivity index (χ3v) is 10.9. The molecule has 0 fully saturated rings. The third kappa shape index (κ3) is 7.44.